The molecule has 1 aromatic heterocycles. The van der Waals surface area contributed by atoms with Crippen LogP contribution in [0.15, 0.2) is 22.6 Å². The van der Waals surface area contributed by atoms with Crippen molar-refractivity contribution in [3.05, 3.63) is 29.7 Å². The summed E-state index contributed by atoms with van der Waals surface area (Å²) in [6, 6.07) is 3.98. The highest BCUT2D eigenvalue weighted by Gasteiger charge is 2.36. The fraction of sp³-hybridized carbons (Fsp3) is 0.455. The van der Waals surface area contributed by atoms with Crippen LogP contribution in [0.2, 0.25) is 0 Å². The van der Waals surface area contributed by atoms with Gasteiger partial charge in [0.05, 0.1) is 6.61 Å². The van der Waals surface area contributed by atoms with E-state index in [2.05, 4.69) is 6.92 Å². The number of aliphatic hydroxyl groups is 1. The zero-order valence-corrected chi connectivity index (χ0v) is 7.73. The van der Waals surface area contributed by atoms with Gasteiger partial charge in [0, 0.05) is 5.92 Å². The first-order valence-corrected chi connectivity index (χ1v) is 4.68. The lowest BCUT2D eigenvalue weighted by molar-refractivity contribution is 0.343. The second-order valence-corrected chi connectivity index (χ2v) is 3.64. The second-order valence-electron chi connectivity index (χ2n) is 3.64. The van der Waals surface area contributed by atoms with Gasteiger partial charge >= 0.3 is 0 Å². The Kier molecular flexibility index (Phi) is 2.23. The molecule has 1 aliphatic rings. The molecule has 1 aliphatic carbocycles. The van der Waals surface area contributed by atoms with E-state index in [-0.39, 0.29) is 6.61 Å². The lowest BCUT2D eigenvalue weighted by atomic mass is 10.3. The van der Waals surface area contributed by atoms with E-state index in [1.165, 1.54) is 6.42 Å². The molecule has 0 saturated heterocycles. The summed E-state index contributed by atoms with van der Waals surface area (Å²) in [6.45, 7) is 2.30. The molecule has 2 nitrogen and oxygen atoms in total. The summed E-state index contributed by atoms with van der Waals surface area (Å²) < 4.78 is 5.58. The summed E-state index contributed by atoms with van der Waals surface area (Å²) >= 11 is 0. The van der Waals surface area contributed by atoms with Crippen LogP contribution in [0.1, 0.15) is 30.8 Å². The topological polar surface area (TPSA) is 33.4 Å². The van der Waals surface area contributed by atoms with Crippen molar-refractivity contribution in [3.8, 4) is 0 Å². The molecule has 1 fully saturated rings. The molecule has 2 rings (SSSR count). The van der Waals surface area contributed by atoms with Crippen molar-refractivity contribution >= 4 is 6.08 Å². The number of hydrogen-bond donors (Lipinski definition) is 1. The molecule has 0 bridgehead atoms. The van der Waals surface area contributed by atoms with Gasteiger partial charge in [0.25, 0.3) is 0 Å². The van der Waals surface area contributed by atoms with Crippen LogP contribution in [0, 0.1) is 5.92 Å². The first-order chi connectivity index (χ1) is 6.31. The third kappa shape index (κ3) is 1.83. The standard InChI is InChI=1S/C11H14O2/c1-8-7-10(8)11-5-4-9(13-11)3-2-6-12/h2-5,8,10,12H,6-7H2,1H3/b3-2+. The highest BCUT2D eigenvalue weighted by atomic mass is 16.3. The summed E-state index contributed by atoms with van der Waals surface area (Å²) in [5.74, 6) is 3.34. The Bertz CT molecular complexity index is 312. The molecule has 13 heavy (non-hydrogen) atoms. The van der Waals surface area contributed by atoms with Crippen LogP contribution in [0.25, 0.3) is 6.08 Å². The van der Waals surface area contributed by atoms with E-state index in [1.54, 1.807) is 12.2 Å². The Balaban J connectivity index is 2.05. The number of rotatable bonds is 3. The number of aliphatic hydroxyl groups excluding tert-OH is 1. The Hall–Kier alpha value is -1.02. The van der Waals surface area contributed by atoms with E-state index < -0.39 is 0 Å². The van der Waals surface area contributed by atoms with Gasteiger partial charge in [-0.3, -0.25) is 0 Å². The minimum absolute atomic E-state index is 0.0653. The van der Waals surface area contributed by atoms with E-state index in [0.29, 0.717) is 5.92 Å². The molecule has 0 amide bonds. The molecular formula is C11H14O2. The molecule has 0 radical (unpaired) electrons. The molecule has 2 heteroatoms. The minimum Gasteiger partial charge on any atom is -0.461 e. The van der Waals surface area contributed by atoms with Crippen LogP contribution < -0.4 is 0 Å². The van der Waals surface area contributed by atoms with E-state index in [4.69, 9.17) is 9.52 Å². The van der Waals surface area contributed by atoms with E-state index in [1.807, 2.05) is 12.1 Å². The zero-order chi connectivity index (χ0) is 9.26. The molecule has 1 heterocycles. The van der Waals surface area contributed by atoms with E-state index >= 15 is 0 Å². The van der Waals surface area contributed by atoms with Crippen LogP contribution >= 0.6 is 0 Å². The largest absolute Gasteiger partial charge is 0.461 e. The summed E-state index contributed by atoms with van der Waals surface area (Å²) in [6.07, 6.45) is 4.73. The van der Waals surface area contributed by atoms with Gasteiger partial charge < -0.3 is 9.52 Å². The van der Waals surface area contributed by atoms with Gasteiger partial charge in [-0.1, -0.05) is 13.0 Å². The Morgan fingerprint density at radius 1 is 1.62 bits per heavy atom. The molecule has 0 aliphatic heterocycles. The van der Waals surface area contributed by atoms with Crippen molar-refractivity contribution in [2.75, 3.05) is 6.61 Å². The third-order valence-electron chi connectivity index (χ3n) is 2.51. The van der Waals surface area contributed by atoms with Crippen molar-refractivity contribution in [1.29, 1.82) is 0 Å². The van der Waals surface area contributed by atoms with Crippen molar-refractivity contribution in [2.24, 2.45) is 5.92 Å². The van der Waals surface area contributed by atoms with Crippen LogP contribution in [-0.2, 0) is 0 Å². The van der Waals surface area contributed by atoms with Crippen molar-refractivity contribution in [1.82, 2.24) is 0 Å². The quantitative estimate of drug-likeness (QED) is 0.771. The normalized spacial score (nSPS) is 26.9. The third-order valence-corrected chi connectivity index (χ3v) is 2.51. The van der Waals surface area contributed by atoms with Crippen molar-refractivity contribution in [2.45, 2.75) is 19.3 Å². The number of furan rings is 1. The predicted molar refractivity (Wildman–Crippen MR) is 51.3 cm³/mol. The Morgan fingerprint density at radius 2 is 2.38 bits per heavy atom. The monoisotopic (exact) mass is 178 g/mol. The van der Waals surface area contributed by atoms with Crippen molar-refractivity contribution < 1.29 is 9.52 Å². The fourth-order valence-corrected chi connectivity index (χ4v) is 1.54. The van der Waals surface area contributed by atoms with Crippen LogP contribution in [-0.4, -0.2) is 11.7 Å². The highest BCUT2D eigenvalue weighted by Crippen LogP contribution is 2.47. The maximum Gasteiger partial charge on any atom is 0.126 e. The fourth-order valence-electron chi connectivity index (χ4n) is 1.54. The van der Waals surface area contributed by atoms with E-state index in [9.17, 15) is 0 Å². The smallest absolute Gasteiger partial charge is 0.126 e. The predicted octanol–water partition coefficient (Wildman–Crippen LogP) is 2.41. The minimum atomic E-state index is 0.0653. The Morgan fingerprint density at radius 3 is 3.00 bits per heavy atom. The Labute approximate surface area is 77.9 Å². The molecule has 2 atom stereocenters. The molecule has 1 aromatic rings. The van der Waals surface area contributed by atoms with Gasteiger partial charge in [-0.15, -0.1) is 0 Å². The van der Waals surface area contributed by atoms with Gasteiger partial charge in [0.15, 0.2) is 0 Å². The summed E-state index contributed by atoms with van der Waals surface area (Å²) in [4.78, 5) is 0. The summed E-state index contributed by atoms with van der Waals surface area (Å²) in [7, 11) is 0. The number of hydrogen-bond acceptors (Lipinski definition) is 2. The van der Waals surface area contributed by atoms with Gasteiger partial charge in [-0.25, -0.2) is 0 Å². The maximum absolute atomic E-state index is 8.57. The van der Waals surface area contributed by atoms with Crippen LogP contribution in [0.5, 0.6) is 0 Å². The summed E-state index contributed by atoms with van der Waals surface area (Å²) in [5, 5.41) is 8.57. The summed E-state index contributed by atoms with van der Waals surface area (Å²) in [5.41, 5.74) is 0. The van der Waals surface area contributed by atoms with Crippen molar-refractivity contribution in [3.63, 3.8) is 0 Å². The second kappa shape index (κ2) is 3.38. The van der Waals surface area contributed by atoms with Gasteiger partial charge in [0.1, 0.15) is 11.5 Å². The molecule has 0 spiro atoms. The molecule has 70 valence electrons. The highest BCUT2D eigenvalue weighted by molar-refractivity contribution is 5.43. The molecule has 0 aromatic carbocycles. The molecular weight excluding hydrogens is 164 g/mol. The van der Waals surface area contributed by atoms with Crippen LogP contribution in [0.4, 0.5) is 0 Å². The zero-order valence-electron chi connectivity index (χ0n) is 7.73. The van der Waals surface area contributed by atoms with Gasteiger partial charge in [-0.05, 0) is 30.5 Å². The first-order valence-electron chi connectivity index (χ1n) is 4.68. The SMILES string of the molecule is CC1CC1c1ccc(/C=C/CO)o1. The van der Waals surface area contributed by atoms with Crippen LogP contribution in [0.3, 0.4) is 0 Å². The van der Waals surface area contributed by atoms with E-state index in [0.717, 1.165) is 17.4 Å². The van der Waals surface area contributed by atoms with Gasteiger partial charge in [0.2, 0.25) is 0 Å². The molecule has 2 unspecified atom stereocenters. The average Bonchev–Trinajstić information content (AvgIpc) is 2.67. The van der Waals surface area contributed by atoms with Gasteiger partial charge in [-0.2, -0.15) is 0 Å². The molecule has 1 N–H and O–H groups in total. The maximum atomic E-state index is 8.57. The molecule has 1 saturated carbocycles. The lowest BCUT2D eigenvalue weighted by Crippen LogP contribution is -1.74. The first kappa shape index (κ1) is 8.57. The average molecular weight is 178 g/mol. The lowest BCUT2D eigenvalue weighted by Gasteiger charge is -1.89.